The molecule has 0 aromatic heterocycles. The Morgan fingerprint density at radius 2 is 2.22 bits per heavy atom. The number of ether oxygens (including phenoxy) is 1. The van der Waals surface area contributed by atoms with Gasteiger partial charge in [0.2, 0.25) is 0 Å². The van der Waals surface area contributed by atoms with Crippen LogP contribution in [0, 0.1) is 0 Å². The maximum Gasteiger partial charge on any atom is 0.375 e. The van der Waals surface area contributed by atoms with Crippen molar-refractivity contribution in [3.8, 4) is 0 Å². The molecule has 0 aromatic rings. The van der Waals surface area contributed by atoms with Gasteiger partial charge in [0.25, 0.3) is 0 Å². The summed E-state index contributed by atoms with van der Waals surface area (Å²) in [6, 6.07) is 0. The first kappa shape index (κ1) is 16.1. The molecule has 0 bridgehead atoms. The summed E-state index contributed by atoms with van der Waals surface area (Å²) in [5.41, 5.74) is 2.05. The van der Waals surface area contributed by atoms with E-state index in [9.17, 15) is 5.11 Å². The molecule has 0 spiro atoms. The van der Waals surface area contributed by atoms with Crippen molar-refractivity contribution in [2.75, 3.05) is 6.61 Å². The van der Waals surface area contributed by atoms with Crippen molar-refractivity contribution in [1.82, 2.24) is 0 Å². The van der Waals surface area contributed by atoms with Gasteiger partial charge in [0.05, 0.1) is 6.61 Å². The van der Waals surface area contributed by atoms with Crippen LogP contribution >= 0.6 is 0 Å². The fourth-order valence-corrected chi connectivity index (χ4v) is 0.182. The van der Waals surface area contributed by atoms with Gasteiger partial charge < -0.3 is 21.7 Å². The van der Waals surface area contributed by atoms with Crippen LogP contribution in [0.25, 0.3) is 0 Å². The van der Waals surface area contributed by atoms with E-state index in [-0.39, 0.29) is 36.5 Å². The minimum Gasteiger partial charge on any atom is -1.00 e. The topological polar surface area (TPSA) is 29.1 Å². The Morgan fingerprint density at radius 1 is 1.78 bits per heavy atom. The van der Waals surface area contributed by atoms with Crippen molar-refractivity contribution in [3.63, 3.8) is 0 Å². The average molecular weight is 244 g/mol. The zero-order valence-electron chi connectivity index (χ0n) is 5.32. The van der Waals surface area contributed by atoms with Crippen LogP contribution in [0.5, 0.6) is 0 Å². The van der Waals surface area contributed by atoms with Gasteiger partial charge in [0, 0.05) is 19.5 Å². The van der Waals surface area contributed by atoms with Gasteiger partial charge in [-0.2, -0.15) is 0 Å². The summed E-state index contributed by atoms with van der Waals surface area (Å²) < 4.78 is 4.38. The van der Waals surface area contributed by atoms with Crippen LogP contribution in [0.4, 0.5) is 0 Å². The molecule has 2 nitrogen and oxygen atoms in total. The Labute approximate surface area is 78.1 Å². The molecule has 0 saturated heterocycles. The summed E-state index contributed by atoms with van der Waals surface area (Å²) in [6.45, 7) is 5.20. The van der Waals surface area contributed by atoms with E-state index in [4.69, 9.17) is 0 Å². The van der Waals surface area contributed by atoms with E-state index in [1.54, 1.807) is 6.92 Å². The van der Waals surface area contributed by atoms with Crippen molar-refractivity contribution in [3.05, 3.63) is 18.3 Å². The van der Waals surface area contributed by atoms with Gasteiger partial charge in [-0.3, -0.25) is 0 Å². The van der Waals surface area contributed by atoms with E-state index in [1.165, 1.54) is 0 Å². The molecule has 9 heavy (non-hydrogen) atoms. The monoisotopic (exact) mass is 242 g/mol. The van der Waals surface area contributed by atoms with Crippen molar-refractivity contribution >= 4 is 0 Å². The molecule has 0 saturated carbocycles. The van der Waals surface area contributed by atoms with E-state index in [0.29, 0.717) is 6.61 Å². The summed E-state index contributed by atoms with van der Waals surface area (Å²) in [4.78, 5) is 0. The third-order valence-corrected chi connectivity index (χ3v) is 0.420. The van der Waals surface area contributed by atoms with E-state index >= 15 is 0 Å². The molecule has 0 amide bonds. The van der Waals surface area contributed by atoms with Crippen molar-refractivity contribution in [1.29, 1.82) is 0 Å². The maximum atomic E-state index is 10.0. The van der Waals surface area contributed by atoms with E-state index in [0.717, 1.165) is 0 Å². The van der Waals surface area contributed by atoms with Crippen LogP contribution in [-0.2, 0) is 29.3 Å². The van der Waals surface area contributed by atoms with Gasteiger partial charge in [-0.1, -0.05) is 0 Å². The first-order chi connectivity index (χ1) is 3.31. The molecule has 0 aliphatic heterocycles. The van der Waals surface area contributed by atoms with Crippen LogP contribution in [0.2, 0.25) is 0 Å². The Morgan fingerprint density at radius 3 is 2.33 bits per heavy atom. The smallest absolute Gasteiger partial charge is 0.375 e. The van der Waals surface area contributed by atoms with E-state index in [1.807, 2.05) is 0 Å². The number of rotatable bonds is 2. The molecule has 0 fully saturated rings. The second kappa shape index (κ2) is 11.1. The molecule has 0 N–H and O–H groups in total. The second-order valence-electron chi connectivity index (χ2n) is 0.897. The van der Waals surface area contributed by atoms with Crippen molar-refractivity contribution in [2.24, 2.45) is 0 Å². The molecular formula is C5H7BrO2Zn-. The predicted octanol–water partition coefficient (Wildman–Crippen LogP) is -1.92. The minimum atomic E-state index is -0.484. The van der Waals surface area contributed by atoms with Gasteiger partial charge in [-0.15, -0.1) is 0 Å². The van der Waals surface area contributed by atoms with Crippen LogP contribution in [0.15, 0.2) is 18.3 Å². The molecular weight excluding hydrogens is 237 g/mol. The second-order valence-corrected chi connectivity index (χ2v) is 0.897. The molecule has 4 heteroatoms. The average Bonchev–Trinajstić information content (AvgIpc) is 1.68. The van der Waals surface area contributed by atoms with Gasteiger partial charge >= 0.3 is 5.95 Å². The predicted molar refractivity (Wildman–Crippen MR) is 25.0 cm³/mol. The fourth-order valence-electron chi connectivity index (χ4n) is 0.182. The molecule has 0 unspecified atom stereocenters. The zero-order valence-corrected chi connectivity index (χ0v) is 9.87. The van der Waals surface area contributed by atoms with Crippen LogP contribution in [0.1, 0.15) is 6.92 Å². The molecule has 1 radical (unpaired) electrons. The fraction of sp³-hybridized carbons (Fsp3) is 0.400. The Hall–Kier alpha value is 0.223. The van der Waals surface area contributed by atoms with E-state index in [2.05, 4.69) is 17.0 Å². The first-order valence-corrected chi connectivity index (χ1v) is 2.01. The number of halogens is 1. The van der Waals surface area contributed by atoms with Crippen LogP contribution in [-0.4, -0.2) is 6.61 Å². The Bertz CT molecular complexity index is 99.1. The Balaban J connectivity index is -0.000000180. The molecule has 0 aliphatic carbocycles. The minimum absolute atomic E-state index is 0. The van der Waals surface area contributed by atoms with Crippen molar-refractivity contribution < 1.29 is 46.3 Å². The van der Waals surface area contributed by atoms with Gasteiger partial charge in [0.15, 0.2) is 0 Å². The first-order valence-electron chi connectivity index (χ1n) is 2.01. The summed E-state index contributed by atoms with van der Waals surface area (Å²) in [5, 5.41) is 10.0. The summed E-state index contributed by atoms with van der Waals surface area (Å²) in [7, 11) is 0. The van der Waals surface area contributed by atoms with Crippen LogP contribution < -0.4 is 17.0 Å². The molecule has 0 atom stereocenters. The molecule has 0 heterocycles. The molecule has 49 valence electrons. The Kier molecular flexibility index (Phi) is 19.8. The largest absolute Gasteiger partial charge is 1.00 e. The van der Waals surface area contributed by atoms with Gasteiger partial charge in [-0.05, 0) is 19.2 Å². The summed E-state index contributed by atoms with van der Waals surface area (Å²) in [5.74, 6) is -0.484. The maximum absolute atomic E-state index is 10.0. The number of hydrogen-bond acceptors (Lipinski definition) is 1. The molecule has 0 rings (SSSR count). The summed E-state index contributed by atoms with van der Waals surface area (Å²) in [6.07, 6.45) is 0. The third kappa shape index (κ3) is 11.7. The van der Waals surface area contributed by atoms with Crippen molar-refractivity contribution in [2.45, 2.75) is 6.92 Å². The van der Waals surface area contributed by atoms with Crippen LogP contribution in [0.3, 0.4) is 0 Å². The molecule has 0 aromatic carbocycles. The zero-order chi connectivity index (χ0) is 5.70. The standard InChI is InChI=1S/C5H7O2.BrH.Zn/c1-3-5(6)7-4-2;;/h1,4H2,2H3;1H;/p-1. The quantitative estimate of drug-likeness (QED) is 0.316. The third-order valence-electron chi connectivity index (χ3n) is 0.420. The SMILES string of the molecule is C=C=C([O])OCC.[Br-].[Zn]. The van der Waals surface area contributed by atoms with Gasteiger partial charge in [-0.25, -0.2) is 5.11 Å². The van der Waals surface area contributed by atoms with E-state index < -0.39 is 5.95 Å². The van der Waals surface area contributed by atoms with Gasteiger partial charge in [0.1, 0.15) is 0 Å². The summed E-state index contributed by atoms with van der Waals surface area (Å²) >= 11 is 0. The number of hydrogen-bond donors (Lipinski definition) is 0. The normalized spacial score (nSPS) is 5.44. The molecule has 0 aliphatic rings.